The van der Waals surface area contributed by atoms with Crippen LogP contribution in [0.5, 0.6) is 0 Å². The van der Waals surface area contributed by atoms with Gasteiger partial charge in [-0.15, -0.1) is 0 Å². The summed E-state index contributed by atoms with van der Waals surface area (Å²) in [5, 5.41) is 2.94. The number of hydrogen-bond donors (Lipinski definition) is 1. The van der Waals surface area contributed by atoms with Crippen LogP contribution in [-0.4, -0.2) is 78.9 Å². The summed E-state index contributed by atoms with van der Waals surface area (Å²) in [4.78, 5) is 44.8. The van der Waals surface area contributed by atoms with Crippen molar-refractivity contribution in [3.05, 3.63) is 119 Å². The Morgan fingerprint density at radius 3 is 2.20 bits per heavy atom. The Bertz CT molecular complexity index is 1730. The lowest BCUT2D eigenvalue weighted by Gasteiger charge is -2.40. The monoisotopic (exact) mass is 695 g/mol. The molecule has 1 aliphatic carbocycles. The number of Topliss-reactive ketones (excluding diaryl/α,β-unsaturated/α-hetero) is 2. The van der Waals surface area contributed by atoms with Crippen molar-refractivity contribution in [3.8, 4) is 0 Å². The lowest BCUT2D eigenvalue weighted by atomic mass is 9.95. The number of aromatic nitrogens is 2. The summed E-state index contributed by atoms with van der Waals surface area (Å²) >= 11 is 0. The molecule has 1 N–H and O–H groups in total. The molecular weight excluding hydrogens is 642 g/mol. The van der Waals surface area contributed by atoms with Gasteiger partial charge in [0.05, 0.1) is 32.3 Å². The molecule has 10 nitrogen and oxygen atoms in total. The number of nitrogens with one attached hydrogen (secondary N) is 1. The lowest BCUT2D eigenvalue weighted by molar-refractivity contribution is 0.0943. The van der Waals surface area contributed by atoms with Gasteiger partial charge in [-0.1, -0.05) is 55.5 Å². The molecule has 5 rings (SSSR count). The molecule has 1 aliphatic heterocycles. The molecule has 1 amide bonds. The van der Waals surface area contributed by atoms with Gasteiger partial charge >= 0.3 is 0 Å². The number of benzene rings is 2. The number of amides is 1. The first kappa shape index (κ1) is 38.8. The Balaban J connectivity index is 0.000000229. The molecule has 0 spiro atoms. The van der Waals surface area contributed by atoms with E-state index in [4.69, 9.17) is 9.47 Å². The summed E-state index contributed by atoms with van der Waals surface area (Å²) < 4.78 is 12.5. The van der Waals surface area contributed by atoms with Crippen LogP contribution in [0, 0.1) is 5.92 Å². The van der Waals surface area contributed by atoms with E-state index in [2.05, 4.69) is 64.3 Å². The van der Waals surface area contributed by atoms with Gasteiger partial charge < -0.3 is 24.3 Å². The molecule has 272 valence electrons. The molecule has 1 fully saturated rings. The van der Waals surface area contributed by atoms with E-state index in [-0.39, 0.29) is 17.5 Å². The molecule has 0 bridgehead atoms. The van der Waals surface area contributed by atoms with Crippen molar-refractivity contribution in [1.29, 1.82) is 0 Å². The SMILES string of the molecule is CC(=O)c1cccc(N2CCN([C@H](C)c3ccccc3)CC2)c1C(C)=O.COC1=CCC=C([C@H](C)CCCNC(=O)c2cncn2C)C=C1OC. The van der Waals surface area contributed by atoms with Gasteiger partial charge in [0.15, 0.2) is 23.1 Å². The quantitative estimate of drug-likeness (QED) is 0.152. The Hall–Kier alpha value is -4.96. The van der Waals surface area contributed by atoms with Gasteiger partial charge in [0.2, 0.25) is 0 Å². The van der Waals surface area contributed by atoms with E-state index in [0.717, 1.165) is 62.6 Å². The number of allylic oxidation sites excluding steroid dienone is 4. The minimum absolute atomic E-state index is 0.0501. The maximum Gasteiger partial charge on any atom is 0.269 e. The third-order valence-electron chi connectivity index (χ3n) is 9.61. The Morgan fingerprint density at radius 2 is 1.59 bits per heavy atom. The third kappa shape index (κ3) is 10.3. The molecule has 3 aromatic rings. The molecule has 0 radical (unpaired) electrons. The summed E-state index contributed by atoms with van der Waals surface area (Å²) in [5.74, 6) is 1.70. The number of rotatable bonds is 13. The van der Waals surface area contributed by atoms with Crippen molar-refractivity contribution in [3.63, 3.8) is 0 Å². The van der Waals surface area contributed by atoms with Gasteiger partial charge in [-0.3, -0.25) is 19.3 Å². The van der Waals surface area contributed by atoms with E-state index in [9.17, 15) is 14.4 Å². The Kier molecular flexibility index (Phi) is 14.4. The molecule has 2 atom stereocenters. The van der Waals surface area contributed by atoms with Crippen LogP contribution in [0.1, 0.15) is 89.8 Å². The number of hydrogen-bond acceptors (Lipinski definition) is 8. The van der Waals surface area contributed by atoms with E-state index in [0.29, 0.717) is 35.3 Å². The zero-order valence-electron chi connectivity index (χ0n) is 31.1. The van der Waals surface area contributed by atoms with Crippen LogP contribution in [0.4, 0.5) is 5.69 Å². The fraction of sp³-hybridized carbons (Fsp3) is 0.415. The normalized spacial score (nSPS) is 15.9. The van der Waals surface area contributed by atoms with E-state index in [1.165, 1.54) is 18.1 Å². The minimum Gasteiger partial charge on any atom is -0.493 e. The van der Waals surface area contributed by atoms with Gasteiger partial charge in [-0.2, -0.15) is 0 Å². The molecular formula is C41H53N5O5. The van der Waals surface area contributed by atoms with Crippen molar-refractivity contribution in [2.24, 2.45) is 13.0 Å². The average Bonchev–Trinajstić information content (AvgIpc) is 3.47. The van der Waals surface area contributed by atoms with E-state index >= 15 is 0 Å². The highest BCUT2D eigenvalue weighted by atomic mass is 16.5. The smallest absolute Gasteiger partial charge is 0.269 e. The van der Waals surface area contributed by atoms with Crippen molar-refractivity contribution in [2.75, 3.05) is 51.8 Å². The highest BCUT2D eigenvalue weighted by Crippen LogP contribution is 2.29. The molecule has 0 saturated carbocycles. The van der Waals surface area contributed by atoms with E-state index < -0.39 is 0 Å². The predicted molar refractivity (Wildman–Crippen MR) is 202 cm³/mol. The summed E-state index contributed by atoms with van der Waals surface area (Å²) in [6.07, 6.45) is 12.2. The molecule has 1 saturated heterocycles. The van der Waals surface area contributed by atoms with Crippen molar-refractivity contribution in [1.82, 2.24) is 19.8 Å². The second-order valence-corrected chi connectivity index (χ2v) is 13.0. The molecule has 1 aromatic heterocycles. The van der Waals surface area contributed by atoms with Crippen LogP contribution in [-0.2, 0) is 16.5 Å². The number of ketones is 2. The van der Waals surface area contributed by atoms with Crippen molar-refractivity contribution >= 4 is 23.2 Å². The van der Waals surface area contributed by atoms with Crippen LogP contribution in [0.3, 0.4) is 0 Å². The maximum absolute atomic E-state index is 12.2. The third-order valence-corrected chi connectivity index (χ3v) is 9.61. The molecule has 0 unspecified atom stereocenters. The molecule has 51 heavy (non-hydrogen) atoms. The highest BCUT2D eigenvalue weighted by molar-refractivity contribution is 6.10. The number of ether oxygens (including phenoxy) is 2. The highest BCUT2D eigenvalue weighted by Gasteiger charge is 2.26. The largest absolute Gasteiger partial charge is 0.493 e. The second kappa shape index (κ2) is 18.9. The Morgan fingerprint density at radius 1 is 0.882 bits per heavy atom. The summed E-state index contributed by atoms with van der Waals surface area (Å²) in [7, 11) is 5.11. The first-order valence-corrected chi connectivity index (χ1v) is 17.7. The number of aryl methyl sites for hydroxylation is 1. The first-order valence-electron chi connectivity index (χ1n) is 17.7. The van der Waals surface area contributed by atoms with Gasteiger partial charge in [-0.25, -0.2) is 4.98 Å². The Labute approximate surface area is 302 Å². The van der Waals surface area contributed by atoms with Gasteiger partial charge in [0, 0.05) is 57.1 Å². The summed E-state index contributed by atoms with van der Waals surface area (Å²) in [5.41, 5.74) is 5.10. The van der Waals surface area contributed by atoms with E-state index in [1.807, 2.05) is 37.4 Å². The standard InChI is InChI=1S/C22H26N2O2.C19H27N3O3/c1-16(19-8-5-4-6-9-19)23-12-14-24(15-13-23)21-11-7-10-20(17(2)25)22(21)18(3)26;1-14(15-8-5-9-17(24-3)18(11-15)25-4)7-6-10-21-19(23)16-12-20-13-22(16)2/h4-11,16H,12-15H2,1-3H3;8-9,11-14H,5-7,10H2,1-4H3,(H,21,23)/t16-;14-/m11/s1. The van der Waals surface area contributed by atoms with Gasteiger partial charge in [-0.05, 0) is 75.3 Å². The topological polar surface area (TPSA) is 106 Å². The molecule has 2 heterocycles. The maximum atomic E-state index is 12.2. The first-order chi connectivity index (χ1) is 24.5. The van der Waals surface area contributed by atoms with Crippen LogP contribution in [0.2, 0.25) is 0 Å². The molecule has 2 aliphatic rings. The number of imidazole rings is 1. The van der Waals surface area contributed by atoms with Crippen LogP contribution in [0.15, 0.2) is 96.4 Å². The predicted octanol–water partition coefficient (Wildman–Crippen LogP) is 6.93. The zero-order chi connectivity index (χ0) is 36.9. The lowest BCUT2D eigenvalue weighted by Crippen LogP contribution is -2.47. The number of piperazine rings is 1. The molecule has 2 aromatic carbocycles. The number of carbonyl (C=O) groups excluding carboxylic acids is 3. The zero-order valence-corrected chi connectivity index (χ0v) is 31.1. The number of nitrogens with zero attached hydrogens (tertiary/aromatic N) is 4. The number of carbonyl (C=O) groups is 3. The fourth-order valence-electron chi connectivity index (χ4n) is 6.57. The number of methoxy groups -OCH3 is 2. The van der Waals surface area contributed by atoms with Crippen molar-refractivity contribution < 1.29 is 23.9 Å². The van der Waals surface area contributed by atoms with Gasteiger partial charge in [0.25, 0.3) is 5.91 Å². The second-order valence-electron chi connectivity index (χ2n) is 13.0. The number of anilines is 1. The van der Waals surface area contributed by atoms with Crippen LogP contribution in [0.25, 0.3) is 0 Å². The average molecular weight is 696 g/mol. The van der Waals surface area contributed by atoms with Crippen molar-refractivity contribution in [2.45, 2.75) is 53.0 Å². The van der Waals surface area contributed by atoms with Crippen LogP contribution < -0.4 is 10.2 Å². The summed E-state index contributed by atoms with van der Waals surface area (Å²) in [6, 6.07) is 16.5. The fourth-order valence-corrected chi connectivity index (χ4v) is 6.57. The minimum atomic E-state index is -0.0863. The van der Waals surface area contributed by atoms with Crippen LogP contribution >= 0.6 is 0 Å². The van der Waals surface area contributed by atoms with Gasteiger partial charge in [0.1, 0.15) is 5.69 Å². The van der Waals surface area contributed by atoms with E-state index in [1.54, 1.807) is 44.3 Å². The molecule has 10 heteroatoms. The summed E-state index contributed by atoms with van der Waals surface area (Å²) in [6.45, 7) is 11.7.